The van der Waals surface area contributed by atoms with Crippen LogP contribution < -0.4 is 14.2 Å². The number of carbonyl (C=O) groups excluding carboxylic acids is 1. The molecule has 0 radical (unpaired) electrons. The Hall–Kier alpha value is -3.11. The van der Waals surface area contributed by atoms with Crippen LogP contribution in [0.2, 0.25) is 0 Å². The van der Waals surface area contributed by atoms with Gasteiger partial charge in [0.1, 0.15) is 24.0 Å². The summed E-state index contributed by atoms with van der Waals surface area (Å²) in [4.78, 5) is 16.9. The van der Waals surface area contributed by atoms with Crippen molar-refractivity contribution in [3.05, 3.63) is 57.6 Å². The molecule has 0 bridgehead atoms. The molecule has 2 aliphatic heterocycles. The summed E-state index contributed by atoms with van der Waals surface area (Å²) in [6.07, 6.45) is 4.42. The van der Waals surface area contributed by atoms with Crippen molar-refractivity contribution in [2.24, 2.45) is 10.1 Å². The van der Waals surface area contributed by atoms with Gasteiger partial charge in [0.15, 0.2) is 17.3 Å². The maximum atomic E-state index is 12.7. The predicted octanol–water partition coefficient (Wildman–Crippen LogP) is 6.85. The van der Waals surface area contributed by atoms with E-state index >= 15 is 0 Å². The molecule has 1 N–H and O–H groups in total. The summed E-state index contributed by atoms with van der Waals surface area (Å²) in [6, 6.07) is 11.7. The van der Waals surface area contributed by atoms with Crippen LogP contribution >= 0.6 is 27.7 Å². The number of rotatable bonds is 11. The van der Waals surface area contributed by atoms with Gasteiger partial charge in [-0.1, -0.05) is 32.9 Å². The highest BCUT2D eigenvalue weighted by atomic mass is 79.9. The Morgan fingerprint density at radius 3 is 2.58 bits per heavy atom. The van der Waals surface area contributed by atoms with Gasteiger partial charge < -0.3 is 14.2 Å². The van der Waals surface area contributed by atoms with Crippen molar-refractivity contribution in [2.75, 3.05) is 20.3 Å². The van der Waals surface area contributed by atoms with Gasteiger partial charge in [-0.3, -0.25) is 10.2 Å². The highest BCUT2D eigenvalue weighted by Crippen LogP contribution is 2.38. The van der Waals surface area contributed by atoms with Crippen molar-refractivity contribution in [1.29, 1.82) is 5.41 Å². The van der Waals surface area contributed by atoms with Crippen LogP contribution in [0.5, 0.6) is 17.2 Å². The van der Waals surface area contributed by atoms with Crippen molar-refractivity contribution >= 4 is 55.7 Å². The number of halogens is 1. The second-order valence-corrected chi connectivity index (χ2v) is 10.8. The van der Waals surface area contributed by atoms with Crippen molar-refractivity contribution in [2.45, 2.75) is 46.0 Å². The Morgan fingerprint density at radius 2 is 1.89 bits per heavy atom. The molecule has 10 heteroatoms. The quantitative estimate of drug-likeness (QED) is 0.224. The molecule has 0 saturated heterocycles. The average Bonchev–Trinajstić information content (AvgIpc) is 3.32. The first-order valence-corrected chi connectivity index (χ1v) is 14.2. The number of hydrazone groups is 1. The summed E-state index contributed by atoms with van der Waals surface area (Å²) in [7, 11) is 1.55. The van der Waals surface area contributed by atoms with E-state index in [0.717, 1.165) is 30.1 Å². The van der Waals surface area contributed by atoms with E-state index in [-0.39, 0.29) is 11.4 Å². The fourth-order valence-electron chi connectivity index (χ4n) is 3.91. The topological polar surface area (TPSA) is 96.6 Å². The first kappa shape index (κ1) is 27.9. The highest BCUT2D eigenvalue weighted by molar-refractivity contribution is 9.10. The number of aliphatic imine (C=N–C) groups is 1. The number of carbonyl (C=O) groups is 1. The van der Waals surface area contributed by atoms with Gasteiger partial charge in [0.25, 0.3) is 5.91 Å². The zero-order chi connectivity index (χ0) is 27.2. The Balaban J connectivity index is 1.43. The number of fused-ring (bicyclic) bond motifs is 1. The van der Waals surface area contributed by atoms with Gasteiger partial charge in [0.2, 0.25) is 5.17 Å². The molecular weight excluding hydrogens is 568 g/mol. The summed E-state index contributed by atoms with van der Waals surface area (Å²) in [6.45, 7) is 7.12. The molecule has 8 nitrogen and oxygen atoms in total. The van der Waals surface area contributed by atoms with Crippen molar-refractivity contribution in [3.8, 4) is 17.2 Å². The molecule has 0 spiro atoms. The lowest BCUT2D eigenvalue weighted by molar-refractivity contribution is -0.114. The molecule has 0 aliphatic carbocycles. The van der Waals surface area contributed by atoms with Gasteiger partial charge in [-0.05, 0) is 94.3 Å². The van der Waals surface area contributed by atoms with Gasteiger partial charge in [0.05, 0.1) is 17.2 Å². The minimum atomic E-state index is -0.466. The smallest absolute Gasteiger partial charge is 0.283 e. The second kappa shape index (κ2) is 12.6. The maximum absolute atomic E-state index is 12.7. The maximum Gasteiger partial charge on any atom is 0.283 e. The van der Waals surface area contributed by atoms with Crippen molar-refractivity contribution in [1.82, 2.24) is 5.01 Å². The third kappa shape index (κ3) is 6.30. The zero-order valence-corrected chi connectivity index (χ0v) is 24.3. The summed E-state index contributed by atoms with van der Waals surface area (Å²) in [5, 5.41) is 15.7. The average molecular weight is 600 g/mol. The predicted molar refractivity (Wildman–Crippen MR) is 157 cm³/mol. The van der Waals surface area contributed by atoms with Crippen LogP contribution in [0.15, 0.2) is 56.5 Å². The number of nitrogens with zero attached hydrogens (tertiary/aromatic N) is 3. The standard InChI is InChI=1S/C28H31BrN4O4S/c1-5-7-24-32-33-26(30)21(27(34)31-28(33)38-24)14-18-15-22(29)25(23(16-18)35-4)37-13-12-36-20-10-8-19(9-11-20)17(3)6-2/h8-11,14-17,30H,5-7,12-13H2,1-4H3/b21-14-,30-26?. The van der Waals surface area contributed by atoms with Crippen LogP contribution in [0.25, 0.3) is 6.08 Å². The van der Waals surface area contributed by atoms with Gasteiger partial charge in [-0.2, -0.15) is 15.1 Å². The molecular formula is C28H31BrN4O4S. The van der Waals surface area contributed by atoms with Crippen LogP contribution in [-0.4, -0.2) is 47.3 Å². The van der Waals surface area contributed by atoms with E-state index in [4.69, 9.17) is 19.6 Å². The molecule has 1 atom stereocenters. The number of methoxy groups -OCH3 is 1. The van der Waals surface area contributed by atoms with Gasteiger partial charge >= 0.3 is 0 Å². The molecule has 0 fully saturated rings. The normalized spacial score (nSPS) is 16.8. The molecule has 2 aliphatic rings. The van der Waals surface area contributed by atoms with Crippen LogP contribution in [0, 0.1) is 5.41 Å². The molecule has 1 amide bonds. The lowest BCUT2D eigenvalue weighted by Crippen LogP contribution is -2.35. The third-order valence-electron chi connectivity index (χ3n) is 6.18. The summed E-state index contributed by atoms with van der Waals surface area (Å²) >= 11 is 4.89. The number of amidine groups is 2. The van der Waals surface area contributed by atoms with Crippen LogP contribution in [-0.2, 0) is 4.79 Å². The first-order valence-electron chi connectivity index (χ1n) is 12.6. The molecule has 38 heavy (non-hydrogen) atoms. The summed E-state index contributed by atoms with van der Waals surface area (Å²) < 4.78 is 18.0. The van der Waals surface area contributed by atoms with E-state index in [2.05, 4.69) is 58.9 Å². The van der Waals surface area contributed by atoms with Gasteiger partial charge in [-0.15, -0.1) is 0 Å². The van der Waals surface area contributed by atoms with Crippen LogP contribution in [0.4, 0.5) is 0 Å². The number of hydrogen-bond acceptors (Lipinski definition) is 7. The summed E-state index contributed by atoms with van der Waals surface area (Å²) in [5.41, 5.74) is 2.12. The van der Waals surface area contributed by atoms with Gasteiger partial charge in [0, 0.05) is 0 Å². The van der Waals surface area contributed by atoms with E-state index in [1.165, 1.54) is 22.3 Å². The Bertz CT molecular complexity index is 1310. The van der Waals surface area contributed by atoms with E-state index in [1.807, 2.05) is 18.2 Å². The third-order valence-corrected chi connectivity index (χ3v) is 7.74. The van der Waals surface area contributed by atoms with E-state index in [9.17, 15) is 4.79 Å². The van der Waals surface area contributed by atoms with Crippen molar-refractivity contribution < 1.29 is 19.0 Å². The molecule has 2 aromatic rings. The molecule has 2 heterocycles. The van der Waals surface area contributed by atoms with Crippen LogP contribution in [0.3, 0.4) is 0 Å². The number of nitrogens with one attached hydrogen (secondary N) is 1. The first-order chi connectivity index (χ1) is 18.3. The minimum absolute atomic E-state index is 0.00310. The van der Waals surface area contributed by atoms with E-state index in [0.29, 0.717) is 45.8 Å². The van der Waals surface area contributed by atoms with E-state index < -0.39 is 5.91 Å². The molecule has 2 aromatic carbocycles. The Kier molecular flexibility index (Phi) is 9.27. The van der Waals surface area contributed by atoms with Gasteiger partial charge in [-0.25, -0.2) is 0 Å². The minimum Gasteiger partial charge on any atom is -0.493 e. The number of thioether (sulfide) groups is 1. The number of hydrogen-bond donors (Lipinski definition) is 1. The molecule has 200 valence electrons. The SMILES string of the molecule is CCCC1=NN2C(=N)/C(=C/c3cc(Br)c(OCCOc4ccc(C(C)CC)cc4)c(OC)c3)C(=O)N=C2S1. The molecule has 0 aromatic heterocycles. The number of benzene rings is 2. The highest BCUT2D eigenvalue weighted by Gasteiger charge is 2.35. The van der Waals surface area contributed by atoms with Crippen LogP contribution in [0.1, 0.15) is 57.1 Å². The largest absolute Gasteiger partial charge is 0.493 e. The fourth-order valence-corrected chi connectivity index (χ4v) is 5.47. The Labute approximate surface area is 235 Å². The molecule has 0 saturated carbocycles. The van der Waals surface area contributed by atoms with E-state index in [1.54, 1.807) is 19.3 Å². The van der Waals surface area contributed by atoms with Crippen molar-refractivity contribution in [3.63, 3.8) is 0 Å². The fraction of sp³-hybridized carbons (Fsp3) is 0.357. The lowest BCUT2D eigenvalue weighted by atomic mass is 9.99. The summed E-state index contributed by atoms with van der Waals surface area (Å²) in [5.74, 6) is 1.87. The number of ether oxygens (including phenoxy) is 3. The molecule has 4 rings (SSSR count). The Morgan fingerprint density at radius 1 is 1.16 bits per heavy atom. The second-order valence-electron chi connectivity index (χ2n) is 8.87. The molecule has 1 unspecified atom stereocenters. The number of amides is 1. The zero-order valence-electron chi connectivity index (χ0n) is 21.9. The lowest BCUT2D eigenvalue weighted by Gasteiger charge is -2.20. The monoisotopic (exact) mass is 598 g/mol.